The van der Waals surface area contributed by atoms with Gasteiger partial charge in [0.05, 0.1) is 21.1 Å². The molecule has 216 valence electrons. The van der Waals surface area contributed by atoms with Gasteiger partial charge in [0, 0.05) is 37.4 Å². The number of nitrogens with one attached hydrogen (secondary N) is 1. The molecule has 3 N–H and O–H groups in total. The molecule has 0 spiro atoms. The number of benzene rings is 3. The second kappa shape index (κ2) is 11.5. The number of nitrogen functional groups attached to an aromatic ring is 1. The molecular weight excluding hydrogens is 598 g/mol. The summed E-state index contributed by atoms with van der Waals surface area (Å²) < 4.78 is 45.7. The molecule has 0 radical (unpaired) electrons. The number of hydrogen-bond acceptors (Lipinski definition) is 6. The van der Waals surface area contributed by atoms with Crippen molar-refractivity contribution in [1.82, 2.24) is 19.4 Å². The van der Waals surface area contributed by atoms with Crippen molar-refractivity contribution >= 4 is 55.8 Å². The van der Waals surface area contributed by atoms with Crippen LogP contribution in [0.1, 0.15) is 24.4 Å². The maximum absolute atomic E-state index is 15.4. The number of likely N-dealkylation sites (tertiary alicyclic amines) is 1. The van der Waals surface area contributed by atoms with E-state index in [4.69, 9.17) is 28.9 Å². The van der Waals surface area contributed by atoms with Gasteiger partial charge in [-0.15, -0.1) is 0 Å². The SMILES string of the molecule is Nc1ncnc2c1c(-c1ccc(NS(=O)(=O)c3cccc(Cl)c3Cl)c(F)c1)cn2C1CCN(Cc2ccccc2)CC1. The molecular formula is C30H27Cl2FN6O2S. The zero-order valence-corrected chi connectivity index (χ0v) is 24.7. The van der Waals surface area contributed by atoms with Crippen LogP contribution < -0.4 is 10.5 Å². The topological polar surface area (TPSA) is 106 Å². The van der Waals surface area contributed by atoms with Crippen molar-refractivity contribution in [3.05, 3.63) is 101 Å². The summed E-state index contributed by atoms with van der Waals surface area (Å²) in [7, 11) is -4.20. The van der Waals surface area contributed by atoms with E-state index in [9.17, 15) is 8.42 Å². The first kappa shape index (κ1) is 28.4. The van der Waals surface area contributed by atoms with Crippen LogP contribution in [0, 0.1) is 5.82 Å². The molecule has 1 fully saturated rings. The van der Waals surface area contributed by atoms with Gasteiger partial charge in [0.2, 0.25) is 0 Å². The summed E-state index contributed by atoms with van der Waals surface area (Å²) in [5.74, 6) is -0.476. The molecule has 6 rings (SSSR count). The zero-order chi connectivity index (χ0) is 29.4. The second-order valence-corrected chi connectivity index (χ2v) is 12.7. The van der Waals surface area contributed by atoms with E-state index in [1.54, 1.807) is 6.07 Å². The number of nitrogens with two attached hydrogens (primary N) is 1. The number of halogens is 3. The monoisotopic (exact) mass is 624 g/mol. The zero-order valence-electron chi connectivity index (χ0n) is 22.3. The third-order valence-electron chi connectivity index (χ3n) is 7.57. The number of aromatic nitrogens is 3. The minimum absolute atomic E-state index is 0.0772. The summed E-state index contributed by atoms with van der Waals surface area (Å²) in [4.78, 5) is 10.9. The maximum atomic E-state index is 15.4. The standard InChI is InChI=1S/C30H27Cl2FN6O2S/c31-23-7-4-8-26(28(23)32)42(40,41)37-25-10-9-20(15-24(25)33)22-17-39(30-27(22)29(34)35-18-36-30)21-11-13-38(14-12-21)16-19-5-2-1-3-6-19/h1-10,15,17-18,21,37H,11-14,16H2,(H2,34,35,36). The second-order valence-electron chi connectivity index (χ2n) is 10.3. The van der Waals surface area contributed by atoms with Gasteiger partial charge in [-0.05, 0) is 48.2 Å². The Labute approximate surface area is 253 Å². The van der Waals surface area contributed by atoms with Crippen LogP contribution in [0.15, 0.2) is 84.1 Å². The minimum Gasteiger partial charge on any atom is -0.383 e. The molecule has 8 nitrogen and oxygen atoms in total. The van der Waals surface area contributed by atoms with Crippen LogP contribution in [0.2, 0.25) is 10.0 Å². The van der Waals surface area contributed by atoms with Crippen LogP contribution in [0.3, 0.4) is 0 Å². The summed E-state index contributed by atoms with van der Waals surface area (Å²) in [5.41, 5.74) is 9.23. The molecule has 42 heavy (non-hydrogen) atoms. The van der Waals surface area contributed by atoms with Gasteiger partial charge in [-0.1, -0.05) is 65.7 Å². The van der Waals surface area contributed by atoms with Crippen molar-refractivity contribution in [2.24, 2.45) is 0 Å². The molecule has 0 aliphatic carbocycles. The molecule has 0 saturated carbocycles. The fourth-order valence-electron chi connectivity index (χ4n) is 5.46. The predicted octanol–water partition coefficient (Wildman–Crippen LogP) is 6.76. The quantitative estimate of drug-likeness (QED) is 0.207. The van der Waals surface area contributed by atoms with Crippen molar-refractivity contribution < 1.29 is 12.8 Å². The predicted molar refractivity (Wildman–Crippen MR) is 165 cm³/mol. The first-order chi connectivity index (χ1) is 20.2. The number of sulfonamides is 1. The number of nitrogens with zero attached hydrogens (tertiary/aromatic N) is 4. The minimum atomic E-state index is -4.20. The van der Waals surface area contributed by atoms with Crippen molar-refractivity contribution in [3.8, 4) is 11.1 Å². The van der Waals surface area contributed by atoms with E-state index in [2.05, 4.69) is 48.4 Å². The maximum Gasteiger partial charge on any atom is 0.263 e. The van der Waals surface area contributed by atoms with Gasteiger partial charge in [-0.2, -0.15) is 0 Å². The van der Waals surface area contributed by atoms with E-state index in [-0.39, 0.29) is 32.5 Å². The lowest BCUT2D eigenvalue weighted by Crippen LogP contribution is -2.34. The summed E-state index contributed by atoms with van der Waals surface area (Å²) >= 11 is 12.1. The fourth-order valence-corrected chi connectivity index (χ4v) is 7.29. The Hall–Kier alpha value is -3.70. The average Bonchev–Trinajstić information content (AvgIpc) is 3.37. The Balaban J connectivity index is 1.27. The number of anilines is 2. The third-order valence-corrected chi connectivity index (χ3v) is 9.91. The Morgan fingerprint density at radius 2 is 1.76 bits per heavy atom. The lowest BCUT2D eigenvalue weighted by Gasteiger charge is -2.33. The van der Waals surface area contributed by atoms with Gasteiger partial charge in [0.15, 0.2) is 0 Å². The van der Waals surface area contributed by atoms with Crippen LogP contribution in [0.5, 0.6) is 0 Å². The van der Waals surface area contributed by atoms with Crippen molar-refractivity contribution in [3.63, 3.8) is 0 Å². The number of piperidine rings is 1. The molecule has 0 atom stereocenters. The Bertz CT molecular complexity index is 1880. The highest BCUT2D eigenvalue weighted by molar-refractivity contribution is 7.92. The highest BCUT2D eigenvalue weighted by atomic mass is 35.5. The molecule has 5 aromatic rings. The number of rotatable bonds is 7. The molecule has 12 heteroatoms. The van der Waals surface area contributed by atoms with Crippen molar-refractivity contribution in [2.45, 2.75) is 30.3 Å². The summed E-state index contributed by atoms with van der Waals surface area (Å²) in [6.07, 6.45) is 5.21. The number of fused-ring (bicyclic) bond motifs is 1. The molecule has 0 unspecified atom stereocenters. The molecule has 3 heterocycles. The van der Waals surface area contributed by atoms with E-state index in [0.29, 0.717) is 22.2 Å². The van der Waals surface area contributed by atoms with Gasteiger partial charge >= 0.3 is 0 Å². The lowest BCUT2D eigenvalue weighted by atomic mass is 10.0. The van der Waals surface area contributed by atoms with Gasteiger partial charge < -0.3 is 10.3 Å². The largest absolute Gasteiger partial charge is 0.383 e. The van der Waals surface area contributed by atoms with Gasteiger partial charge in [-0.25, -0.2) is 22.8 Å². The lowest BCUT2D eigenvalue weighted by molar-refractivity contribution is 0.181. The van der Waals surface area contributed by atoms with Crippen LogP contribution >= 0.6 is 23.2 Å². The number of hydrogen-bond donors (Lipinski definition) is 2. The van der Waals surface area contributed by atoms with E-state index in [1.165, 1.54) is 42.2 Å². The van der Waals surface area contributed by atoms with E-state index < -0.39 is 15.8 Å². The Kier molecular flexibility index (Phi) is 7.80. The molecule has 1 saturated heterocycles. The molecule has 1 aliphatic heterocycles. The molecule has 1 aliphatic rings. The van der Waals surface area contributed by atoms with Gasteiger partial charge in [-0.3, -0.25) is 9.62 Å². The highest BCUT2D eigenvalue weighted by Gasteiger charge is 2.26. The Morgan fingerprint density at radius 1 is 1.00 bits per heavy atom. The highest BCUT2D eigenvalue weighted by Crippen LogP contribution is 2.38. The molecule has 0 amide bonds. The van der Waals surface area contributed by atoms with E-state index in [1.807, 2.05) is 12.3 Å². The van der Waals surface area contributed by atoms with E-state index in [0.717, 1.165) is 32.5 Å². The smallest absolute Gasteiger partial charge is 0.263 e. The van der Waals surface area contributed by atoms with Gasteiger partial charge in [0.25, 0.3) is 10.0 Å². The third kappa shape index (κ3) is 5.55. The van der Waals surface area contributed by atoms with Crippen LogP contribution in [-0.2, 0) is 16.6 Å². The first-order valence-corrected chi connectivity index (χ1v) is 15.6. The normalized spacial score (nSPS) is 14.8. The van der Waals surface area contributed by atoms with E-state index >= 15 is 4.39 Å². The van der Waals surface area contributed by atoms with Crippen molar-refractivity contribution in [2.75, 3.05) is 23.5 Å². The van der Waals surface area contributed by atoms with Crippen LogP contribution in [-0.4, -0.2) is 40.9 Å². The summed E-state index contributed by atoms with van der Waals surface area (Å²) in [6, 6.07) is 19.1. The molecule has 3 aromatic carbocycles. The average molecular weight is 626 g/mol. The van der Waals surface area contributed by atoms with Crippen LogP contribution in [0.25, 0.3) is 22.2 Å². The fraction of sp³-hybridized carbons (Fsp3) is 0.200. The summed E-state index contributed by atoms with van der Waals surface area (Å²) in [6.45, 7) is 2.75. The van der Waals surface area contributed by atoms with Crippen LogP contribution in [0.4, 0.5) is 15.9 Å². The molecule has 2 aromatic heterocycles. The van der Waals surface area contributed by atoms with Gasteiger partial charge in [0.1, 0.15) is 28.5 Å². The Morgan fingerprint density at radius 3 is 2.50 bits per heavy atom. The molecule has 0 bridgehead atoms. The first-order valence-electron chi connectivity index (χ1n) is 13.4. The van der Waals surface area contributed by atoms with Crippen molar-refractivity contribution in [1.29, 1.82) is 0 Å². The summed E-state index contributed by atoms with van der Waals surface area (Å²) in [5, 5.41) is 0.564.